The number of hydrogen-bond acceptors (Lipinski definition) is 7. The first kappa shape index (κ1) is 12.7. The van der Waals surface area contributed by atoms with Gasteiger partial charge >= 0.3 is 0 Å². The van der Waals surface area contributed by atoms with Crippen molar-refractivity contribution in [2.24, 2.45) is 0 Å². The molecular weight excluding hydrogens is 246 g/mol. The van der Waals surface area contributed by atoms with Gasteiger partial charge in [0.05, 0.1) is 25.4 Å². The van der Waals surface area contributed by atoms with Gasteiger partial charge in [0.25, 0.3) is 0 Å². The first-order valence-corrected chi connectivity index (χ1v) is 6.71. The molecule has 0 saturated carbocycles. The monoisotopic (exact) mass is 265 g/mol. The number of ether oxygens (including phenoxy) is 1. The lowest BCUT2D eigenvalue weighted by atomic mass is 10.2. The average Bonchev–Trinajstić information content (AvgIpc) is 2.74. The topological polar surface area (TPSA) is 74.6 Å². The van der Waals surface area contributed by atoms with Crippen LogP contribution in [0.25, 0.3) is 0 Å². The molecule has 3 rings (SSSR count). The predicted octanol–water partition coefficient (Wildman–Crippen LogP) is -0.857. The highest BCUT2D eigenvalue weighted by atomic mass is 16.5. The lowest BCUT2D eigenvalue weighted by Gasteiger charge is -2.28. The van der Waals surface area contributed by atoms with E-state index in [9.17, 15) is 5.11 Å². The Morgan fingerprint density at radius 1 is 1.11 bits per heavy atom. The van der Waals surface area contributed by atoms with Gasteiger partial charge in [0.2, 0.25) is 5.95 Å². The maximum absolute atomic E-state index is 9.90. The molecule has 1 aromatic rings. The minimum atomic E-state index is -0.358. The van der Waals surface area contributed by atoms with Crippen LogP contribution >= 0.6 is 0 Å². The normalized spacial score (nSPS) is 29.4. The Bertz CT molecular complexity index is 404. The van der Waals surface area contributed by atoms with Crippen molar-refractivity contribution >= 4 is 5.95 Å². The van der Waals surface area contributed by atoms with Crippen LogP contribution in [0.4, 0.5) is 5.95 Å². The van der Waals surface area contributed by atoms with Gasteiger partial charge in [-0.1, -0.05) is 0 Å². The van der Waals surface area contributed by atoms with Crippen LogP contribution in [0, 0.1) is 0 Å². The van der Waals surface area contributed by atoms with E-state index in [4.69, 9.17) is 4.74 Å². The van der Waals surface area contributed by atoms with Crippen molar-refractivity contribution in [1.29, 1.82) is 0 Å². The van der Waals surface area contributed by atoms with E-state index < -0.39 is 0 Å². The van der Waals surface area contributed by atoms with Gasteiger partial charge in [0.15, 0.2) is 0 Å². The molecule has 0 unspecified atom stereocenters. The second-order valence-corrected chi connectivity index (χ2v) is 4.99. The molecule has 0 aliphatic carbocycles. The fourth-order valence-corrected chi connectivity index (χ4v) is 2.75. The van der Waals surface area contributed by atoms with E-state index in [1.165, 1.54) is 12.7 Å². The van der Waals surface area contributed by atoms with Crippen molar-refractivity contribution in [3.05, 3.63) is 12.7 Å². The zero-order valence-electron chi connectivity index (χ0n) is 10.9. The molecule has 2 saturated heterocycles. The molecule has 0 amide bonds. The van der Waals surface area contributed by atoms with Crippen LogP contribution in [0.1, 0.15) is 6.42 Å². The van der Waals surface area contributed by atoms with E-state index in [1.54, 1.807) is 0 Å². The fraction of sp³-hybridized carbons (Fsp3) is 0.750. The Kier molecular flexibility index (Phi) is 3.86. The lowest BCUT2D eigenvalue weighted by molar-refractivity contribution is 0.0859. The summed E-state index contributed by atoms with van der Waals surface area (Å²) < 4.78 is 5.34. The average molecular weight is 265 g/mol. The first-order valence-electron chi connectivity index (χ1n) is 6.71. The molecule has 1 aromatic heterocycles. The van der Waals surface area contributed by atoms with Crippen LogP contribution in [0.5, 0.6) is 0 Å². The molecule has 2 fully saturated rings. The summed E-state index contributed by atoms with van der Waals surface area (Å²) in [6, 6.07) is 0.137. The van der Waals surface area contributed by atoms with Gasteiger partial charge in [-0.3, -0.25) is 4.90 Å². The molecule has 1 N–H and O–H groups in total. The third-order valence-corrected chi connectivity index (χ3v) is 3.78. The van der Waals surface area contributed by atoms with E-state index in [-0.39, 0.29) is 12.1 Å². The summed E-state index contributed by atoms with van der Waals surface area (Å²) in [5.41, 5.74) is 0. The summed E-state index contributed by atoms with van der Waals surface area (Å²) in [4.78, 5) is 16.7. The second-order valence-electron chi connectivity index (χ2n) is 4.99. The molecule has 19 heavy (non-hydrogen) atoms. The van der Waals surface area contributed by atoms with Gasteiger partial charge in [0, 0.05) is 26.2 Å². The van der Waals surface area contributed by atoms with E-state index >= 15 is 0 Å². The van der Waals surface area contributed by atoms with Gasteiger partial charge in [-0.25, -0.2) is 15.0 Å². The molecule has 7 nitrogen and oxygen atoms in total. The molecular formula is C12H19N5O2. The van der Waals surface area contributed by atoms with E-state index in [0.29, 0.717) is 13.2 Å². The van der Waals surface area contributed by atoms with Crippen molar-refractivity contribution in [2.75, 3.05) is 44.3 Å². The molecule has 3 heterocycles. The van der Waals surface area contributed by atoms with E-state index in [2.05, 4.69) is 24.8 Å². The molecule has 104 valence electrons. The first-order chi connectivity index (χ1) is 9.34. The highest BCUT2D eigenvalue weighted by molar-refractivity contribution is 5.27. The number of nitrogens with zero attached hydrogens (tertiary/aromatic N) is 5. The van der Waals surface area contributed by atoms with Crippen LogP contribution in [0.3, 0.4) is 0 Å². The maximum Gasteiger partial charge on any atom is 0.228 e. The van der Waals surface area contributed by atoms with Gasteiger partial charge < -0.3 is 14.7 Å². The van der Waals surface area contributed by atoms with Crippen molar-refractivity contribution in [3.8, 4) is 0 Å². The molecule has 0 aromatic carbocycles. The van der Waals surface area contributed by atoms with Crippen LogP contribution in [-0.2, 0) is 4.74 Å². The molecule has 2 aliphatic rings. The van der Waals surface area contributed by atoms with Crippen LogP contribution in [0.15, 0.2) is 12.7 Å². The number of anilines is 1. The number of aliphatic hydroxyl groups excluding tert-OH is 1. The molecule has 0 spiro atoms. The van der Waals surface area contributed by atoms with E-state index in [0.717, 1.165) is 38.5 Å². The van der Waals surface area contributed by atoms with Gasteiger partial charge in [0.1, 0.15) is 12.7 Å². The quantitative estimate of drug-likeness (QED) is 0.746. The maximum atomic E-state index is 9.90. The van der Waals surface area contributed by atoms with Crippen LogP contribution in [0.2, 0.25) is 0 Å². The van der Waals surface area contributed by atoms with Gasteiger partial charge in [-0.2, -0.15) is 0 Å². The second kappa shape index (κ2) is 5.77. The summed E-state index contributed by atoms with van der Waals surface area (Å²) in [5.74, 6) is 0.736. The molecule has 2 aliphatic heterocycles. The van der Waals surface area contributed by atoms with Crippen molar-refractivity contribution < 1.29 is 9.84 Å². The third-order valence-electron chi connectivity index (χ3n) is 3.78. The Morgan fingerprint density at radius 2 is 1.95 bits per heavy atom. The van der Waals surface area contributed by atoms with Crippen molar-refractivity contribution in [2.45, 2.75) is 18.6 Å². The van der Waals surface area contributed by atoms with Crippen LogP contribution in [-0.4, -0.2) is 76.5 Å². The largest absolute Gasteiger partial charge is 0.389 e. The minimum Gasteiger partial charge on any atom is -0.389 e. The summed E-state index contributed by atoms with van der Waals surface area (Å²) in [7, 11) is 0. The number of aromatic nitrogens is 3. The van der Waals surface area contributed by atoms with Crippen LogP contribution < -0.4 is 4.90 Å². The lowest BCUT2D eigenvalue weighted by Crippen LogP contribution is -2.44. The smallest absolute Gasteiger partial charge is 0.228 e. The SMILES string of the molecule is O[C@H]1COC[C@@H]1N1CCCN(c2ncncn2)CC1. The highest BCUT2D eigenvalue weighted by Gasteiger charge is 2.32. The van der Waals surface area contributed by atoms with Gasteiger partial charge in [-0.05, 0) is 6.42 Å². The van der Waals surface area contributed by atoms with Crippen molar-refractivity contribution in [1.82, 2.24) is 19.9 Å². The molecule has 0 radical (unpaired) electrons. The van der Waals surface area contributed by atoms with Gasteiger partial charge in [-0.15, -0.1) is 0 Å². The van der Waals surface area contributed by atoms with E-state index in [1.807, 2.05) is 0 Å². The Balaban J connectivity index is 1.63. The summed E-state index contributed by atoms with van der Waals surface area (Å²) in [6.45, 7) is 4.77. The van der Waals surface area contributed by atoms with Crippen molar-refractivity contribution in [3.63, 3.8) is 0 Å². The standard InChI is InChI=1S/C12H19N5O2/c18-11-7-19-6-10(11)16-2-1-3-17(5-4-16)12-14-8-13-9-15-12/h8-11,18H,1-7H2/t10-,11-/m0/s1. The zero-order chi connectivity index (χ0) is 13.1. The Hall–Kier alpha value is -1.31. The zero-order valence-corrected chi connectivity index (χ0v) is 10.9. The molecule has 2 atom stereocenters. The number of hydrogen-bond donors (Lipinski definition) is 1. The molecule has 0 bridgehead atoms. The Morgan fingerprint density at radius 3 is 2.68 bits per heavy atom. The third kappa shape index (κ3) is 2.83. The summed E-state index contributed by atoms with van der Waals surface area (Å²) in [6.07, 6.45) is 3.73. The number of rotatable bonds is 2. The highest BCUT2D eigenvalue weighted by Crippen LogP contribution is 2.17. The minimum absolute atomic E-state index is 0.137. The summed E-state index contributed by atoms with van der Waals surface area (Å²) in [5, 5.41) is 9.90. The Labute approximate surface area is 112 Å². The summed E-state index contributed by atoms with van der Waals surface area (Å²) >= 11 is 0. The molecule has 7 heteroatoms. The number of aliphatic hydroxyl groups is 1. The fourth-order valence-electron chi connectivity index (χ4n) is 2.75. The predicted molar refractivity (Wildman–Crippen MR) is 68.8 cm³/mol.